The van der Waals surface area contributed by atoms with E-state index in [1.807, 2.05) is 18.3 Å². The van der Waals surface area contributed by atoms with E-state index in [9.17, 15) is 4.79 Å². The van der Waals surface area contributed by atoms with Gasteiger partial charge in [-0.1, -0.05) is 0 Å². The fraction of sp³-hybridized carbons (Fsp3) is 0.300. The van der Waals surface area contributed by atoms with Crippen LogP contribution in [0.15, 0.2) is 30.9 Å². The number of fused-ring (bicyclic) bond motifs is 4. The van der Waals surface area contributed by atoms with Crippen molar-refractivity contribution in [2.45, 2.75) is 19.3 Å². The van der Waals surface area contributed by atoms with E-state index in [0.29, 0.717) is 5.75 Å². The van der Waals surface area contributed by atoms with E-state index >= 15 is 0 Å². The standard InChI is InChI=1S/C20H20N6O2S/c1-21-19(27)11-3-4-13-16(7-11)29-20-17(13)18(22-10-23-20)25-14-8-12-5-6-24-26(12)9-15(14)28-2/h5-6,8-11H,3-4,7H2,1-2H3,(H,21,27)(H,22,23,25)/t11-/m0/s1. The summed E-state index contributed by atoms with van der Waals surface area (Å²) in [5.74, 6) is 1.57. The minimum absolute atomic E-state index is 0.0225. The van der Waals surface area contributed by atoms with Crippen molar-refractivity contribution in [3.63, 3.8) is 0 Å². The topological polar surface area (TPSA) is 93.4 Å². The number of hydrogen-bond donors (Lipinski definition) is 2. The first-order valence-corrected chi connectivity index (χ1v) is 10.2. The molecular formula is C20H20N6O2S. The summed E-state index contributed by atoms with van der Waals surface area (Å²) in [6, 6.07) is 3.92. The summed E-state index contributed by atoms with van der Waals surface area (Å²) in [5.41, 5.74) is 3.02. The van der Waals surface area contributed by atoms with Gasteiger partial charge in [-0.3, -0.25) is 4.79 Å². The van der Waals surface area contributed by atoms with E-state index in [1.165, 1.54) is 10.4 Å². The summed E-state index contributed by atoms with van der Waals surface area (Å²) in [6.45, 7) is 0. The highest BCUT2D eigenvalue weighted by atomic mass is 32.1. The van der Waals surface area contributed by atoms with Crippen molar-refractivity contribution in [2.24, 2.45) is 5.92 Å². The van der Waals surface area contributed by atoms with Gasteiger partial charge >= 0.3 is 0 Å². The van der Waals surface area contributed by atoms with Gasteiger partial charge in [0.15, 0.2) is 5.75 Å². The van der Waals surface area contributed by atoms with Crippen molar-refractivity contribution in [1.29, 1.82) is 0 Å². The quantitative estimate of drug-likeness (QED) is 0.539. The first kappa shape index (κ1) is 17.9. The third kappa shape index (κ3) is 2.98. The molecule has 0 aromatic carbocycles. The van der Waals surface area contributed by atoms with Gasteiger partial charge < -0.3 is 15.4 Å². The van der Waals surface area contributed by atoms with Gasteiger partial charge in [0.25, 0.3) is 0 Å². The molecule has 0 fully saturated rings. The second-order valence-corrected chi connectivity index (χ2v) is 8.12. The molecular weight excluding hydrogens is 388 g/mol. The van der Waals surface area contributed by atoms with Crippen molar-refractivity contribution in [1.82, 2.24) is 24.9 Å². The van der Waals surface area contributed by atoms with Crippen LogP contribution in [0.3, 0.4) is 0 Å². The van der Waals surface area contributed by atoms with Crippen LogP contribution in [0.5, 0.6) is 5.75 Å². The lowest BCUT2D eigenvalue weighted by Gasteiger charge is -2.21. The summed E-state index contributed by atoms with van der Waals surface area (Å²) < 4.78 is 7.31. The fourth-order valence-electron chi connectivity index (χ4n) is 3.97. The molecule has 0 saturated heterocycles. The Balaban J connectivity index is 1.57. The number of carbonyl (C=O) groups excluding carboxylic acids is 1. The first-order chi connectivity index (χ1) is 14.2. The Bertz CT molecular complexity index is 1230. The smallest absolute Gasteiger partial charge is 0.223 e. The third-order valence-corrected chi connectivity index (χ3v) is 6.60. The van der Waals surface area contributed by atoms with Gasteiger partial charge in [0.05, 0.1) is 29.9 Å². The maximum Gasteiger partial charge on any atom is 0.223 e. The number of nitrogens with zero attached hydrogens (tertiary/aromatic N) is 4. The van der Waals surface area contributed by atoms with Gasteiger partial charge in [0.1, 0.15) is 17.0 Å². The molecule has 148 valence electrons. The summed E-state index contributed by atoms with van der Waals surface area (Å²) in [6.07, 6.45) is 7.59. The Morgan fingerprint density at radius 3 is 3.10 bits per heavy atom. The molecule has 0 saturated carbocycles. The molecule has 1 aliphatic carbocycles. The highest BCUT2D eigenvalue weighted by Gasteiger charge is 2.28. The molecule has 1 atom stereocenters. The lowest BCUT2D eigenvalue weighted by atomic mass is 9.87. The molecule has 0 unspecified atom stereocenters. The summed E-state index contributed by atoms with van der Waals surface area (Å²) in [7, 11) is 3.33. The second kappa shape index (κ2) is 7.00. The average Bonchev–Trinajstić information content (AvgIpc) is 3.35. The van der Waals surface area contributed by atoms with Gasteiger partial charge in [-0.25, -0.2) is 14.5 Å². The molecule has 4 aromatic rings. The van der Waals surface area contributed by atoms with Gasteiger partial charge in [-0.05, 0) is 37.0 Å². The number of amides is 1. The number of pyridine rings is 1. The van der Waals surface area contributed by atoms with Gasteiger partial charge in [0, 0.05) is 24.0 Å². The highest BCUT2D eigenvalue weighted by Crippen LogP contribution is 2.41. The maximum absolute atomic E-state index is 12.1. The second-order valence-electron chi connectivity index (χ2n) is 7.04. The largest absolute Gasteiger partial charge is 0.493 e. The zero-order valence-corrected chi connectivity index (χ0v) is 16.9. The summed E-state index contributed by atoms with van der Waals surface area (Å²) in [4.78, 5) is 23.3. The molecule has 0 aliphatic heterocycles. The molecule has 0 bridgehead atoms. The number of aryl methyl sites for hydroxylation is 1. The number of thiophene rings is 1. The molecule has 9 heteroatoms. The number of rotatable bonds is 4. The van der Waals surface area contributed by atoms with Gasteiger partial charge in [0.2, 0.25) is 5.91 Å². The van der Waals surface area contributed by atoms with Crippen molar-refractivity contribution >= 4 is 44.5 Å². The number of methoxy groups -OCH3 is 1. The third-order valence-electron chi connectivity index (χ3n) is 5.43. The van der Waals surface area contributed by atoms with Crippen molar-refractivity contribution in [3.05, 3.63) is 41.3 Å². The van der Waals surface area contributed by atoms with Crippen LogP contribution in [0, 0.1) is 5.92 Å². The molecule has 4 heterocycles. The Morgan fingerprint density at radius 2 is 2.28 bits per heavy atom. The number of anilines is 2. The predicted octanol–water partition coefficient (Wildman–Crippen LogP) is 2.94. The average molecular weight is 408 g/mol. The minimum Gasteiger partial charge on any atom is -0.493 e. The number of aromatic nitrogens is 4. The van der Waals surface area contributed by atoms with Gasteiger partial charge in [-0.15, -0.1) is 11.3 Å². The zero-order chi connectivity index (χ0) is 20.0. The lowest BCUT2D eigenvalue weighted by Crippen LogP contribution is -2.31. The SMILES string of the molecule is CNC(=O)[C@H]1CCc2c(sc3ncnc(Nc4cc5ccnn5cc4OC)c23)C1. The predicted molar refractivity (Wildman–Crippen MR) is 112 cm³/mol. The molecule has 0 radical (unpaired) electrons. The molecule has 1 amide bonds. The number of carbonyl (C=O) groups is 1. The summed E-state index contributed by atoms with van der Waals surface area (Å²) >= 11 is 1.65. The van der Waals surface area contributed by atoms with E-state index in [4.69, 9.17) is 4.74 Å². The monoisotopic (exact) mass is 408 g/mol. The molecule has 29 heavy (non-hydrogen) atoms. The highest BCUT2D eigenvalue weighted by molar-refractivity contribution is 7.19. The molecule has 0 spiro atoms. The minimum atomic E-state index is 0.0225. The maximum atomic E-state index is 12.1. The Kier molecular flexibility index (Phi) is 4.31. The van der Waals surface area contributed by atoms with Crippen LogP contribution in [0.1, 0.15) is 16.9 Å². The number of nitrogens with one attached hydrogen (secondary N) is 2. The van der Waals surface area contributed by atoms with E-state index < -0.39 is 0 Å². The van der Waals surface area contributed by atoms with Crippen LogP contribution in [0.25, 0.3) is 15.7 Å². The van der Waals surface area contributed by atoms with Crippen LogP contribution < -0.4 is 15.4 Å². The molecule has 2 N–H and O–H groups in total. The van der Waals surface area contributed by atoms with Crippen LogP contribution in [-0.2, 0) is 17.6 Å². The summed E-state index contributed by atoms with van der Waals surface area (Å²) in [5, 5.41) is 11.5. The zero-order valence-electron chi connectivity index (χ0n) is 16.1. The molecule has 8 nitrogen and oxygen atoms in total. The van der Waals surface area contributed by atoms with Crippen LogP contribution >= 0.6 is 11.3 Å². The lowest BCUT2D eigenvalue weighted by molar-refractivity contribution is -0.124. The van der Waals surface area contributed by atoms with Crippen LogP contribution in [0.2, 0.25) is 0 Å². The van der Waals surface area contributed by atoms with E-state index in [-0.39, 0.29) is 11.8 Å². The van der Waals surface area contributed by atoms with E-state index in [2.05, 4.69) is 25.7 Å². The first-order valence-electron chi connectivity index (χ1n) is 9.43. The van der Waals surface area contributed by atoms with E-state index in [0.717, 1.165) is 46.5 Å². The Labute approximate surface area is 170 Å². The van der Waals surface area contributed by atoms with Crippen molar-refractivity contribution < 1.29 is 9.53 Å². The van der Waals surface area contributed by atoms with Crippen LogP contribution in [-0.4, -0.2) is 39.6 Å². The Morgan fingerprint density at radius 1 is 1.38 bits per heavy atom. The molecule has 4 aromatic heterocycles. The number of hydrogen-bond acceptors (Lipinski definition) is 7. The van der Waals surface area contributed by atoms with Gasteiger partial charge in [-0.2, -0.15) is 5.10 Å². The molecule has 1 aliphatic rings. The van der Waals surface area contributed by atoms with Crippen LogP contribution in [0.4, 0.5) is 11.5 Å². The van der Waals surface area contributed by atoms with Crippen molar-refractivity contribution in [2.75, 3.05) is 19.5 Å². The Hall–Kier alpha value is -3.20. The number of ether oxygens (including phenoxy) is 1. The van der Waals surface area contributed by atoms with Crippen molar-refractivity contribution in [3.8, 4) is 5.75 Å². The fourth-order valence-corrected chi connectivity index (χ4v) is 5.23. The normalized spacial score (nSPS) is 16.0. The molecule has 5 rings (SSSR count). The van der Waals surface area contributed by atoms with E-state index in [1.54, 1.807) is 42.5 Å².